The Hall–Kier alpha value is -3.16. The molecule has 1 heteroatoms. The highest BCUT2D eigenvalue weighted by molar-refractivity contribution is 9.10. The van der Waals surface area contributed by atoms with Crippen LogP contribution in [0.5, 0.6) is 0 Å². The van der Waals surface area contributed by atoms with Crippen LogP contribution in [0.1, 0.15) is 22.3 Å². The normalized spacial score (nSPS) is 14.4. The Labute approximate surface area is 184 Å². The molecule has 2 aliphatic carbocycles. The third-order valence-corrected chi connectivity index (χ3v) is 7.60. The van der Waals surface area contributed by atoms with Gasteiger partial charge in [-0.15, -0.1) is 0 Å². The molecule has 0 saturated carbocycles. The smallest absolute Gasteiger partial charge is 0.0619 e. The van der Waals surface area contributed by atoms with Crippen LogP contribution < -0.4 is 0 Å². The summed E-state index contributed by atoms with van der Waals surface area (Å²) in [5.41, 5.74) is 10.6. The largest absolute Gasteiger partial charge is 0.0742 e. The lowest BCUT2D eigenvalue weighted by atomic mass is 9.69. The van der Waals surface area contributed by atoms with Crippen LogP contribution in [0.15, 0.2) is 108 Å². The molecular weight excluding hydrogens is 428 g/mol. The lowest BCUT2D eigenvalue weighted by molar-refractivity contribution is 0.796. The second-order valence-corrected chi connectivity index (χ2v) is 9.07. The van der Waals surface area contributed by atoms with Crippen LogP contribution in [0.4, 0.5) is 0 Å². The maximum absolute atomic E-state index is 3.96. The van der Waals surface area contributed by atoms with E-state index in [0.717, 1.165) is 0 Å². The molecule has 7 rings (SSSR count). The monoisotopic (exact) mass is 444 g/mol. The Balaban J connectivity index is 1.80. The van der Waals surface area contributed by atoms with Gasteiger partial charge >= 0.3 is 0 Å². The average molecular weight is 445 g/mol. The fourth-order valence-electron chi connectivity index (χ4n) is 5.93. The number of hydrogen-bond donors (Lipinski definition) is 0. The van der Waals surface area contributed by atoms with Gasteiger partial charge in [0.25, 0.3) is 0 Å². The maximum Gasteiger partial charge on any atom is 0.0742 e. The van der Waals surface area contributed by atoms with Gasteiger partial charge in [0.1, 0.15) is 0 Å². The Morgan fingerprint density at radius 1 is 0.467 bits per heavy atom. The highest BCUT2D eigenvalue weighted by atomic mass is 79.9. The van der Waals surface area contributed by atoms with Crippen LogP contribution in [0.3, 0.4) is 0 Å². The van der Waals surface area contributed by atoms with E-state index in [-0.39, 0.29) is 5.41 Å². The second kappa shape index (κ2) is 5.71. The quantitative estimate of drug-likeness (QED) is 0.222. The fourth-order valence-corrected chi connectivity index (χ4v) is 6.59. The van der Waals surface area contributed by atoms with Gasteiger partial charge in [-0.05, 0) is 61.3 Å². The van der Waals surface area contributed by atoms with Gasteiger partial charge in [-0.2, -0.15) is 0 Å². The van der Waals surface area contributed by atoms with Crippen molar-refractivity contribution in [3.05, 3.63) is 130 Å². The van der Waals surface area contributed by atoms with E-state index >= 15 is 0 Å². The molecule has 0 radical (unpaired) electrons. The van der Waals surface area contributed by atoms with Crippen molar-refractivity contribution < 1.29 is 0 Å². The van der Waals surface area contributed by atoms with Crippen LogP contribution >= 0.6 is 15.9 Å². The topological polar surface area (TPSA) is 0 Å². The molecule has 0 N–H and O–H groups in total. The minimum Gasteiger partial charge on any atom is -0.0619 e. The summed E-state index contributed by atoms with van der Waals surface area (Å²) in [5, 5.41) is 2.63. The van der Waals surface area contributed by atoms with E-state index in [0.29, 0.717) is 0 Å². The second-order valence-electron chi connectivity index (χ2n) is 8.21. The lowest BCUT2D eigenvalue weighted by Crippen LogP contribution is -2.26. The van der Waals surface area contributed by atoms with E-state index < -0.39 is 0 Å². The molecular formula is C29H17Br. The molecule has 0 bridgehead atoms. The standard InChI is InChI=1S/C29H17Br/c30-26-15-7-12-22-23-17-16-18-8-1-2-9-19(18)27(23)29(28(22)26)24-13-5-3-10-20(24)21-11-4-6-14-25(21)29/h1-17H. The van der Waals surface area contributed by atoms with Crippen LogP contribution in [-0.2, 0) is 5.41 Å². The predicted molar refractivity (Wildman–Crippen MR) is 128 cm³/mol. The van der Waals surface area contributed by atoms with Crippen LogP contribution in [0, 0.1) is 0 Å². The molecule has 140 valence electrons. The van der Waals surface area contributed by atoms with E-state index in [4.69, 9.17) is 0 Å². The van der Waals surface area contributed by atoms with Gasteiger partial charge in [0.15, 0.2) is 0 Å². The van der Waals surface area contributed by atoms with Gasteiger partial charge in [-0.3, -0.25) is 0 Å². The first kappa shape index (κ1) is 16.6. The van der Waals surface area contributed by atoms with Crippen molar-refractivity contribution in [3.8, 4) is 22.3 Å². The Morgan fingerprint density at radius 3 is 1.83 bits per heavy atom. The number of benzene rings is 5. The molecule has 0 heterocycles. The Bertz CT molecular complexity index is 1460. The molecule has 0 nitrogen and oxygen atoms in total. The third-order valence-electron chi connectivity index (χ3n) is 6.94. The number of rotatable bonds is 0. The fraction of sp³-hybridized carbons (Fsp3) is 0.0345. The zero-order valence-corrected chi connectivity index (χ0v) is 17.8. The predicted octanol–water partition coefficient (Wildman–Crippen LogP) is 7.95. The van der Waals surface area contributed by atoms with Crippen molar-refractivity contribution >= 4 is 26.7 Å². The first-order valence-electron chi connectivity index (χ1n) is 10.3. The molecule has 2 aliphatic rings. The van der Waals surface area contributed by atoms with E-state index in [2.05, 4.69) is 119 Å². The summed E-state index contributed by atoms with van der Waals surface area (Å²) in [6, 6.07) is 38.0. The summed E-state index contributed by atoms with van der Waals surface area (Å²) in [6.07, 6.45) is 0. The van der Waals surface area contributed by atoms with Crippen LogP contribution in [0.2, 0.25) is 0 Å². The average Bonchev–Trinajstić information content (AvgIpc) is 3.27. The number of hydrogen-bond acceptors (Lipinski definition) is 0. The van der Waals surface area contributed by atoms with Crippen molar-refractivity contribution in [1.29, 1.82) is 0 Å². The zero-order valence-electron chi connectivity index (χ0n) is 16.2. The summed E-state index contributed by atoms with van der Waals surface area (Å²) in [7, 11) is 0. The van der Waals surface area contributed by atoms with Gasteiger partial charge in [0.05, 0.1) is 5.41 Å². The Kier molecular flexibility index (Phi) is 3.16. The number of halogens is 1. The van der Waals surface area contributed by atoms with Gasteiger partial charge in [-0.1, -0.05) is 113 Å². The summed E-state index contributed by atoms with van der Waals surface area (Å²) in [5.74, 6) is 0. The first-order valence-corrected chi connectivity index (χ1v) is 11.1. The third kappa shape index (κ3) is 1.79. The van der Waals surface area contributed by atoms with Gasteiger partial charge in [-0.25, -0.2) is 0 Å². The SMILES string of the molecule is Brc1cccc2c1C1(c3ccccc3-c3ccccc31)c1c-2ccc2ccccc12. The highest BCUT2D eigenvalue weighted by Gasteiger charge is 2.53. The van der Waals surface area contributed by atoms with E-state index in [1.807, 2.05) is 0 Å². The molecule has 5 aromatic carbocycles. The summed E-state index contributed by atoms with van der Waals surface area (Å²) in [6.45, 7) is 0. The van der Waals surface area contributed by atoms with Crippen molar-refractivity contribution in [2.24, 2.45) is 0 Å². The van der Waals surface area contributed by atoms with Crippen LogP contribution in [-0.4, -0.2) is 0 Å². The summed E-state index contributed by atoms with van der Waals surface area (Å²) >= 11 is 3.96. The van der Waals surface area contributed by atoms with Crippen LogP contribution in [0.25, 0.3) is 33.0 Å². The van der Waals surface area contributed by atoms with Gasteiger partial charge < -0.3 is 0 Å². The molecule has 0 atom stereocenters. The minimum atomic E-state index is -0.307. The molecule has 1 spiro atoms. The molecule has 0 saturated heterocycles. The van der Waals surface area contributed by atoms with Crippen molar-refractivity contribution in [3.63, 3.8) is 0 Å². The molecule has 5 aromatic rings. The molecule has 0 amide bonds. The van der Waals surface area contributed by atoms with E-state index in [1.165, 1.54) is 59.8 Å². The maximum atomic E-state index is 3.96. The lowest BCUT2D eigenvalue weighted by Gasteiger charge is -2.32. The molecule has 0 unspecified atom stereocenters. The van der Waals surface area contributed by atoms with E-state index in [1.54, 1.807) is 0 Å². The zero-order chi connectivity index (χ0) is 19.9. The number of fused-ring (bicyclic) bond motifs is 12. The van der Waals surface area contributed by atoms with Crippen molar-refractivity contribution in [1.82, 2.24) is 0 Å². The molecule has 30 heavy (non-hydrogen) atoms. The molecule has 0 aromatic heterocycles. The van der Waals surface area contributed by atoms with Gasteiger partial charge in [0, 0.05) is 4.47 Å². The molecule has 0 aliphatic heterocycles. The van der Waals surface area contributed by atoms with E-state index in [9.17, 15) is 0 Å². The van der Waals surface area contributed by atoms with Crippen molar-refractivity contribution in [2.75, 3.05) is 0 Å². The Morgan fingerprint density at radius 2 is 1.07 bits per heavy atom. The highest BCUT2D eigenvalue weighted by Crippen LogP contribution is 2.65. The van der Waals surface area contributed by atoms with Gasteiger partial charge in [0.2, 0.25) is 0 Å². The molecule has 0 fully saturated rings. The summed E-state index contributed by atoms with van der Waals surface area (Å²) < 4.78 is 1.17. The first-order chi connectivity index (χ1) is 14.8. The summed E-state index contributed by atoms with van der Waals surface area (Å²) in [4.78, 5) is 0. The minimum absolute atomic E-state index is 0.307. The van der Waals surface area contributed by atoms with Crippen molar-refractivity contribution in [2.45, 2.75) is 5.41 Å².